The largest absolute Gasteiger partial charge is 0.352 e. The van der Waals surface area contributed by atoms with Gasteiger partial charge in [-0.15, -0.1) is 0 Å². The molecular weight excluding hydrogens is 300 g/mol. The van der Waals surface area contributed by atoms with E-state index in [4.69, 9.17) is 0 Å². The fourth-order valence-corrected chi connectivity index (χ4v) is 3.98. The second-order valence-electron chi connectivity index (χ2n) is 5.87. The number of thioether (sulfide) groups is 1. The van der Waals surface area contributed by atoms with Gasteiger partial charge >= 0.3 is 0 Å². The van der Waals surface area contributed by atoms with E-state index in [1.54, 1.807) is 24.0 Å². The first-order valence-corrected chi connectivity index (χ1v) is 8.95. The van der Waals surface area contributed by atoms with E-state index in [2.05, 4.69) is 4.98 Å². The standard InChI is InChI=1S/C15H22N4O2S/c1-17-7-4-16-13(15(17)21)18-5-2-12(3-6-18)14(20)19-8-10-22-11-9-19/h4,7,12H,2-3,5-6,8-11H2,1H3. The maximum Gasteiger partial charge on any atom is 0.293 e. The Bertz CT molecular complexity index is 589. The van der Waals surface area contributed by atoms with Crippen LogP contribution < -0.4 is 10.5 Å². The molecule has 0 saturated carbocycles. The summed E-state index contributed by atoms with van der Waals surface area (Å²) < 4.78 is 1.55. The second kappa shape index (κ2) is 6.73. The van der Waals surface area contributed by atoms with E-state index in [1.807, 2.05) is 21.6 Å². The van der Waals surface area contributed by atoms with Crippen molar-refractivity contribution in [1.29, 1.82) is 0 Å². The van der Waals surface area contributed by atoms with Crippen molar-refractivity contribution < 1.29 is 4.79 Å². The van der Waals surface area contributed by atoms with Crippen molar-refractivity contribution in [2.45, 2.75) is 12.8 Å². The highest BCUT2D eigenvalue weighted by Gasteiger charge is 2.30. The van der Waals surface area contributed by atoms with Crippen LogP contribution in [0, 0.1) is 5.92 Å². The van der Waals surface area contributed by atoms with E-state index >= 15 is 0 Å². The Morgan fingerprint density at radius 1 is 1.23 bits per heavy atom. The zero-order valence-corrected chi connectivity index (χ0v) is 13.7. The molecule has 0 atom stereocenters. The van der Waals surface area contributed by atoms with Crippen LogP contribution in [0.2, 0.25) is 0 Å². The van der Waals surface area contributed by atoms with Gasteiger partial charge in [0.15, 0.2) is 5.82 Å². The quantitative estimate of drug-likeness (QED) is 0.797. The number of piperidine rings is 1. The van der Waals surface area contributed by atoms with Gasteiger partial charge in [-0.2, -0.15) is 11.8 Å². The first-order chi connectivity index (χ1) is 10.7. The van der Waals surface area contributed by atoms with Gasteiger partial charge in [-0.1, -0.05) is 0 Å². The number of aromatic nitrogens is 2. The lowest BCUT2D eigenvalue weighted by Gasteiger charge is -2.35. The van der Waals surface area contributed by atoms with Crippen molar-refractivity contribution in [2.75, 3.05) is 42.6 Å². The molecule has 7 heteroatoms. The summed E-state index contributed by atoms with van der Waals surface area (Å²) in [6.07, 6.45) is 4.93. The number of rotatable bonds is 2. The van der Waals surface area contributed by atoms with E-state index in [-0.39, 0.29) is 11.5 Å². The molecule has 0 bridgehead atoms. The van der Waals surface area contributed by atoms with Gasteiger partial charge in [0.1, 0.15) is 0 Å². The number of carbonyl (C=O) groups excluding carboxylic acids is 1. The van der Waals surface area contributed by atoms with Crippen LogP contribution in [0.25, 0.3) is 0 Å². The van der Waals surface area contributed by atoms with Crippen LogP contribution in [0.3, 0.4) is 0 Å². The topological polar surface area (TPSA) is 58.4 Å². The van der Waals surface area contributed by atoms with Crippen LogP contribution in [0.4, 0.5) is 5.82 Å². The third-order valence-electron chi connectivity index (χ3n) is 4.47. The van der Waals surface area contributed by atoms with Crippen molar-refractivity contribution in [3.63, 3.8) is 0 Å². The fourth-order valence-electron chi connectivity index (χ4n) is 3.08. The highest BCUT2D eigenvalue weighted by Crippen LogP contribution is 2.23. The smallest absolute Gasteiger partial charge is 0.293 e. The Hall–Kier alpha value is -1.50. The maximum absolute atomic E-state index is 12.5. The third-order valence-corrected chi connectivity index (χ3v) is 5.41. The van der Waals surface area contributed by atoms with Crippen LogP contribution in [0.15, 0.2) is 17.2 Å². The zero-order valence-electron chi connectivity index (χ0n) is 12.9. The number of nitrogens with zero attached hydrogens (tertiary/aromatic N) is 4. The third kappa shape index (κ3) is 3.14. The summed E-state index contributed by atoms with van der Waals surface area (Å²) >= 11 is 1.92. The molecule has 2 saturated heterocycles. The Labute approximate surface area is 134 Å². The van der Waals surface area contributed by atoms with Crippen LogP contribution in [0.5, 0.6) is 0 Å². The molecule has 0 N–H and O–H groups in total. The molecule has 2 aliphatic rings. The molecule has 1 aromatic rings. The number of amides is 1. The van der Waals surface area contributed by atoms with E-state index < -0.39 is 0 Å². The summed E-state index contributed by atoms with van der Waals surface area (Å²) in [4.78, 5) is 32.9. The van der Waals surface area contributed by atoms with Crippen molar-refractivity contribution >= 4 is 23.5 Å². The summed E-state index contributed by atoms with van der Waals surface area (Å²) in [7, 11) is 1.73. The molecule has 3 rings (SSSR count). The molecule has 1 amide bonds. The van der Waals surface area contributed by atoms with Gasteiger partial charge in [0, 0.05) is 63.0 Å². The van der Waals surface area contributed by atoms with Crippen LogP contribution in [-0.2, 0) is 11.8 Å². The number of carbonyl (C=O) groups is 1. The van der Waals surface area contributed by atoms with Gasteiger partial charge in [-0.25, -0.2) is 4.98 Å². The van der Waals surface area contributed by atoms with Gasteiger partial charge in [0.25, 0.3) is 5.56 Å². The lowest BCUT2D eigenvalue weighted by atomic mass is 9.95. The van der Waals surface area contributed by atoms with Gasteiger partial charge in [-0.05, 0) is 12.8 Å². The van der Waals surface area contributed by atoms with Crippen molar-refractivity contribution in [2.24, 2.45) is 13.0 Å². The molecule has 0 spiro atoms. The molecule has 0 aliphatic carbocycles. The highest BCUT2D eigenvalue weighted by atomic mass is 32.2. The predicted molar refractivity (Wildman–Crippen MR) is 88.3 cm³/mol. The molecule has 0 radical (unpaired) electrons. The van der Waals surface area contributed by atoms with Gasteiger partial charge in [0.05, 0.1) is 0 Å². The summed E-state index contributed by atoms with van der Waals surface area (Å²) in [5, 5.41) is 0. The average Bonchev–Trinajstić information content (AvgIpc) is 2.58. The summed E-state index contributed by atoms with van der Waals surface area (Å²) in [5.41, 5.74) is -0.0691. The van der Waals surface area contributed by atoms with Crippen LogP contribution in [-0.4, -0.2) is 58.0 Å². The van der Waals surface area contributed by atoms with Crippen molar-refractivity contribution in [1.82, 2.24) is 14.5 Å². The number of aryl methyl sites for hydroxylation is 1. The van der Waals surface area contributed by atoms with Crippen LogP contribution in [0.1, 0.15) is 12.8 Å². The normalized spacial score (nSPS) is 20.2. The number of anilines is 1. The molecule has 0 unspecified atom stereocenters. The Kier molecular flexibility index (Phi) is 4.71. The van der Waals surface area contributed by atoms with Crippen LogP contribution >= 0.6 is 11.8 Å². The van der Waals surface area contributed by atoms with E-state index in [1.165, 1.54) is 0 Å². The minimum absolute atomic E-state index is 0.0691. The van der Waals surface area contributed by atoms with E-state index in [0.29, 0.717) is 11.7 Å². The fraction of sp³-hybridized carbons (Fsp3) is 0.667. The lowest BCUT2D eigenvalue weighted by molar-refractivity contribution is -0.135. The molecule has 120 valence electrons. The van der Waals surface area contributed by atoms with Crippen molar-refractivity contribution in [3.05, 3.63) is 22.7 Å². The molecule has 3 heterocycles. The maximum atomic E-state index is 12.5. The molecule has 22 heavy (non-hydrogen) atoms. The minimum Gasteiger partial charge on any atom is -0.352 e. The average molecular weight is 322 g/mol. The summed E-state index contributed by atoms with van der Waals surface area (Å²) in [5.74, 6) is 3.01. The Balaban J connectivity index is 1.61. The second-order valence-corrected chi connectivity index (χ2v) is 7.09. The number of hydrogen-bond acceptors (Lipinski definition) is 5. The van der Waals surface area contributed by atoms with E-state index in [9.17, 15) is 9.59 Å². The minimum atomic E-state index is -0.0691. The molecule has 0 aromatic carbocycles. The number of hydrogen-bond donors (Lipinski definition) is 0. The Morgan fingerprint density at radius 3 is 2.59 bits per heavy atom. The van der Waals surface area contributed by atoms with E-state index in [0.717, 1.165) is 50.5 Å². The van der Waals surface area contributed by atoms with Gasteiger partial charge in [0.2, 0.25) is 5.91 Å². The van der Waals surface area contributed by atoms with Gasteiger partial charge in [-0.3, -0.25) is 9.59 Å². The van der Waals surface area contributed by atoms with Gasteiger partial charge < -0.3 is 14.4 Å². The first-order valence-electron chi connectivity index (χ1n) is 7.80. The highest BCUT2D eigenvalue weighted by molar-refractivity contribution is 7.99. The molecule has 2 fully saturated rings. The molecule has 1 aromatic heterocycles. The molecule has 2 aliphatic heterocycles. The Morgan fingerprint density at radius 2 is 1.91 bits per heavy atom. The first kappa shape index (κ1) is 15.4. The van der Waals surface area contributed by atoms with Crippen molar-refractivity contribution in [3.8, 4) is 0 Å². The molecule has 6 nitrogen and oxygen atoms in total. The lowest BCUT2D eigenvalue weighted by Crippen LogP contribution is -2.46. The summed E-state index contributed by atoms with van der Waals surface area (Å²) in [6.45, 7) is 3.21. The predicted octanol–water partition coefficient (Wildman–Crippen LogP) is 0.572. The molecular formula is C15H22N4O2S. The zero-order chi connectivity index (χ0) is 15.5. The summed E-state index contributed by atoms with van der Waals surface area (Å²) in [6, 6.07) is 0. The monoisotopic (exact) mass is 322 g/mol. The SMILES string of the molecule is Cn1ccnc(N2CCC(C(=O)N3CCSCC3)CC2)c1=O.